The van der Waals surface area contributed by atoms with Crippen LogP contribution in [0, 0.1) is 5.82 Å². The lowest BCUT2D eigenvalue weighted by Gasteiger charge is -2.08. The minimum atomic E-state index is -0.268. The van der Waals surface area contributed by atoms with Crippen molar-refractivity contribution in [2.24, 2.45) is 0 Å². The Morgan fingerprint density at radius 3 is 2.28 bits per heavy atom. The normalized spacial score (nSPS) is 10.6. The van der Waals surface area contributed by atoms with E-state index in [1.165, 1.54) is 12.1 Å². The largest absolute Gasteiger partial charge is 0.497 e. The molecular weight excluding hydrogens is 367 g/mol. The first-order valence-corrected chi connectivity index (χ1v) is 9.16. The van der Waals surface area contributed by atoms with Gasteiger partial charge >= 0.3 is 0 Å². The van der Waals surface area contributed by atoms with Crippen LogP contribution in [0.3, 0.4) is 0 Å². The summed E-state index contributed by atoms with van der Waals surface area (Å²) in [5, 5.41) is 0. The fraction of sp³-hybridized carbons (Fsp3) is 0.0833. The predicted molar refractivity (Wildman–Crippen MR) is 110 cm³/mol. The molecule has 144 valence electrons. The first kappa shape index (κ1) is 18.6. The second kappa shape index (κ2) is 8.52. The van der Waals surface area contributed by atoms with E-state index in [4.69, 9.17) is 9.47 Å². The smallest absolute Gasteiger partial charge is 0.159 e. The molecule has 4 aromatic rings. The summed E-state index contributed by atoms with van der Waals surface area (Å²) >= 11 is 0. The molecule has 0 unspecified atom stereocenters. The van der Waals surface area contributed by atoms with Crippen molar-refractivity contribution in [2.75, 3.05) is 7.11 Å². The highest BCUT2D eigenvalue weighted by atomic mass is 19.1. The molecule has 0 bridgehead atoms. The van der Waals surface area contributed by atoms with Crippen LogP contribution in [0.4, 0.5) is 4.39 Å². The molecule has 0 aliphatic rings. The molecule has 0 fully saturated rings. The number of hydrogen-bond donors (Lipinski definition) is 0. The number of hydrogen-bond acceptors (Lipinski definition) is 4. The molecule has 0 atom stereocenters. The van der Waals surface area contributed by atoms with Crippen molar-refractivity contribution in [2.45, 2.75) is 6.61 Å². The Morgan fingerprint density at radius 2 is 1.55 bits per heavy atom. The quantitative estimate of drug-likeness (QED) is 0.437. The topological polar surface area (TPSA) is 44.2 Å². The van der Waals surface area contributed by atoms with E-state index in [2.05, 4.69) is 9.97 Å². The van der Waals surface area contributed by atoms with Crippen molar-refractivity contribution in [1.29, 1.82) is 0 Å². The van der Waals surface area contributed by atoms with E-state index in [1.54, 1.807) is 19.4 Å². The first-order valence-electron chi connectivity index (χ1n) is 9.16. The molecule has 0 saturated carbocycles. The third kappa shape index (κ3) is 4.58. The Labute approximate surface area is 168 Å². The molecule has 3 aromatic carbocycles. The van der Waals surface area contributed by atoms with Crippen LogP contribution in [-0.2, 0) is 6.61 Å². The van der Waals surface area contributed by atoms with E-state index in [9.17, 15) is 4.39 Å². The fourth-order valence-corrected chi connectivity index (χ4v) is 2.91. The van der Waals surface area contributed by atoms with Gasteiger partial charge in [0.25, 0.3) is 0 Å². The molecule has 1 aromatic heterocycles. The van der Waals surface area contributed by atoms with Gasteiger partial charge in [-0.1, -0.05) is 12.1 Å². The molecule has 0 N–H and O–H groups in total. The van der Waals surface area contributed by atoms with Crippen LogP contribution < -0.4 is 9.47 Å². The third-order valence-electron chi connectivity index (χ3n) is 4.45. The Bertz CT molecular complexity index is 1100. The molecule has 5 heteroatoms. The summed E-state index contributed by atoms with van der Waals surface area (Å²) in [5.41, 5.74) is 3.50. The fourth-order valence-electron chi connectivity index (χ4n) is 2.91. The highest BCUT2D eigenvalue weighted by molar-refractivity contribution is 5.64. The minimum Gasteiger partial charge on any atom is -0.497 e. The van der Waals surface area contributed by atoms with Crippen LogP contribution in [-0.4, -0.2) is 17.1 Å². The van der Waals surface area contributed by atoms with Gasteiger partial charge in [-0.25, -0.2) is 14.4 Å². The van der Waals surface area contributed by atoms with Crippen LogP contribution in [0.2, 0.25) is 0 Å². The van der Waals surface area contributed by atoms with E-state index in [-0.39, 0.29) is 5.82 Å². The van der Waals surface area contributed by atoms with E-state index < -0.39 is 0 Å². The van der Waals surface area contributed by atoms with Crippen molar-refractivity contribution < 1.29 is 13.9 Å². The van der Waals surface area contributed by atoms with Crippen LogP contribution in [0.15, 0.2) is 85.1 Å². The van der Waals surface area contributed by atoms with Gasteiger partial charge in [0.1, 0.15) is 23.9 Å². The number of aromatic nitrogens is 2. The number of ether oxygens (including phenoxy) is 2. The monoisotopic (exact) mass is 386 g/mol. The second-order valence-corrected chi connectivity index (χ2v) is 6.44. The van der Waals surface area contributed by atoms with Gasteiger partial charge in [0.15, 0.2) is 5.82 Å². The van der Waals surface area contributed by atoms with Gasteiger partial charge in [-0.3, -0.25) is 0 Å². The predicted octanol–water partition coefficient (Wildman–Crippen LogP) is 5.54. The van der Waals surface area contributed by atoms with Gasteiger partial charge in [-0.05, 0) is 72.3 Å². The lowest BCUT2D eigenvalue weighted by atomic mass is 10.1. The van der Waals surface area contributed by atoms with Gasteiger partial charge in [0, 0.05) is 17.3 Å². The van der Waals surface area contributed by atoms with E-state index in [0.717, 1.165) is 28.1 Å². The molecule has 0 radical (unpaired) electrons. The summed E-state index contributed by atoms with van der Waals surface area (Å²) in [6, 6.07) is 23.5. The molecule has 0 aliphatic carbocycles. The molecule has 0 spiro atoms. The zero-order valence-electron chi connectivity index (χ0n) is 15.9. The third-order valence-corrected chi connectivity index (χ3v) is 4.45. The Hall–Kier alpha value is -3.73. The van der Waals surface area contributed by atoms with Gasteiger partial charge in [0.05, 0.1) is 12.8 Å². The maximum absolute atomic E-state index is 13.3. The summed E-state index contributed by atoms with van der Waals surface area (Å²) in [6.45, 7) is 0.306. The lowest BCUT2D eigenvalue weighted by Crippen LogP contribution is -1.96. The van der Waals surface area contributed by atoms with E-state index >= 15 is 0 Å². The second-order valence-electron chi connectivity index (χ2n) is 6.44. The van der Waals surface area contributed by atoms with E-state index in [1.807, 2.05) is 60.7 Å². The van der Waals surface area contributed by atoms with Crippen molar-refractivity contribution in [1.82, 2.24) is 9.97 Å². The standard InChI is InChI=1S/C24H19FN2O2/c1-28-21-9-5-18(6-10-21)23-13-14-26-24(27-23)19-7-11-22(12-8-19)29-16-17-3-2-4-20(25)15-17/h2-15H,16H2,1H3. The molecule has 4 nitrogen and oxygen atoms in total. The van der Waals surface area contributed by atoms with Crippen LogP contribution >= 0.6 is 0 Å². The first-order chi connectivity index (χ1) is 14.2. The molecule has 0 aliphatic heterocycles. The number of benzene rings is 3. The summed E-state index contributed by atoms with van der Waals surface area (Å²) in [4.78, 5) is 9.05. The maximum Gasteiger partial charge on any atom is 0.159 e. The number of methoxy groups -OCH3 is 1. The molecular formula is C24H19FN2O2. The van der Waals surface area contributed by atoms with Crippen molar-refractivity contribution in [3.63, 3.8) is 0 Å². The summed E-state index contributed by atoms with van der Waals surface area (Å²) in [5.74, 6) is 1.87. The van der Waals surface area contributed by atoms with Crippen molar-refractivity contribution in [3.05, 3.63) is 96.4 Å². The van der Waals surface area contributed by atoms with Crippen LogP contribution in [0.25, 0.3) is 22.6 Å². The zero-order chi connectivity index (χ0) is 20.1. The van der Waals surface area contributed by atoms with Crippen LogP contribution in [0.1, 0.15) is 5.56 Å². The molecule has 4 rings (SSSR count). The number of rotatable bonds is 6. The van der Waals surface area contributed by atoms with Crippen LogP contribution in [0.5, 0.6) is 11.5 Å². The van der Waals surface area contributed by atoms with Crippen molar-refractivity contribution >= 4 is 0 Å². The van der Waals surface area contributed by atoms with Gasteiger partial charge in [-0.15, -0.1) is 0 Å². The Morgan fingerprint density at radius 1 is 0.828 bits per heavy atom. The average Bonchev–Trinajstić information content (AvgIpc) is 2.78. The maximum atomic E-state index is 13.3. The highest BCUT2D eigenvalue weighted by Gasteiger charge is 2.06. The minimum absolute atomic E-state index is 0.268. The average molecular weight is 386 g/mol. The Balaban J connectivity index is 1.48. The molecule has 29 heavy (non-hydrogen) atoms. The molecule has 0 saturated heterocycles. The zero-order valence-corrected chi connectivity index (χ0v) is 15.9. The summed E-state index contributed by atoms with van der Waals surface area (Å²) < 4.78 is 24.2. The highest BCUT2D eigenvalue weighted by Crippen LogP contribution is 2.24. The molecule has 1 heterocycles. The van der Waals surface area contributed by atoms with Gasteiger partial charge < -0.3 is 9.47 Å². The Kier molecular flexibility index (Phi) is 5.47. The number of halogens is 1. The van der Waals surface area contributed by atoms with Gasteiger partial charge in [-0.2, -0.15) is 0 Å². The van der Waals surface area contributed by atoms with E-state index in [0.29, 0.717) is 18.2 Å². The van der Waals surface area contributed by atoms with Gasteiger partial charge in [0.2, 0.25) is 0 Å². The molecule has 0 amide bonds. The summed E-state index contributed by atoms with van der Waals surface area (Å²) in [7, 11) is 1.64. The lowest BCUT2D eigenvalue weighted by molar-refractivity contribution is 0.305. The number of nitrogens with zero attached hydrogens (tertiary/aromatic N) is 2. The SMILES string of the molecule is COc1ccc(-c2ccnc(-c3ccc(OCc4cccc(F)c4)cc3)n2)cc1. The van der Waals surface area contributed by atoms with Crippen molar-refractivity contribution in [3.8, 4) is 34.1 Å². The summed E-state index contributed by atoms with van der Waals surface area (Å²) in [6.07, 6.45) is 1.75.